The summed E-state index contributed by atoms with van der Waals surface area (Å²) in [4.78, 5) is 19.1. The summed E-state index contributed by atoms with van der Waals surface area (Å²) in [5.41, 5.74) is 5.27. The van der Waals surface area contributed by atoms with Crippen molar-refractivity contribution >= 4 is 16.9 Å². The number of carboxylic acid groups (broad SMARTS) is 1. The van der Waals surface area contributed by atoms with E-state index in [1.807, 2.05) is 42.7 Å². The molecular weight excluding hydrogens is 410 g/mol. The second-order valence-corrected chi connectivity index (χ2v) is 8.83. The summed E-state index contributed by atoms with van der Waals surface area (Å²) >= 11 is 0. The maximum absolute atomic E-state index is 12.1. The highest BCUT2D eigenvalue weighted by Crippen LogP contribution is 2.35. The highest BCUT2D eigenvalue weighted by molar-refractivity contribution is 6.09. The lowest BCUT2D eigenvalue weighted by Crippen LogP contribution is -2.31. The van der Waals surface area contributed by atoms with Crippen LogP contribution in [0.2, 0.25) is 0 Å². The van der Waals surface area contributed by atoms with Gasteiger partial charge in [-0.3, -0.25) is 4.98 Å². The summed E-state index contributed by atoms with van der Waals surface area (Å²) in [6, 6.07) is 17.8. The molecule has 0 saturated carbocycles. The number of rotatable bonds is 7. The fraction of sp³-hybridized carbons (Fsp3) is 0.286. The van der Waals surface area contributed by atoms with Gasteiger partial charge >= 0.3 is 5.97 Å². The molecule has 5 rings (SSSR count). The third-order valence-corrected chi connectivity index (χ3v) is 6.61. The van der Waals surface area contributed by atoms with Gasteiger partial charge in [0.25, 0.3) is 0 Å². The standard InChI is InChI=1S/C28H29N3O2/c32-28(33)24-11-7-12-26-27(24)25(20-31(26)16-8-15-30-13-5-2-6-14-30)23-17-22(18-29-19-23)21-9-3-1-4-10-21/h1,3-4,7,9-12,17-20H,2,5-6,8,13-16H2,(H,32,33). The second-order valence-electron chi connectivity index (χ2n) is 8.83. The van der Waals surface area contributed by atoms with Gasteiger partial charge in [0.05, 0.1) is 5.56 Å². The Kier molecular flexibility index (Phi) is 6.22. The molecule has 0 atom stereocenters. The van der Waals surface area contributed by atoms with Crippen LogP contribution in [0, 0.1) is 0 Å². The number of nitrogens with zero attached hydrogens (tertiary/aromatic N) is 3. The van der Waals surface area contributed by atoms with E-state index in [1.165, 1.54) is 32.4 Å². The van der Waals surface area contributed by atoms with E-state index in [0.29, 0.717) is 5.56 Å². The number of aryl methyl sites for hydroxylation is 1. The maximum atomic E-state index is 12.1. The van der Waals surface area contributed by atoms with E-state index >= 15 is 0 Å². The van der Waals surface area contributed by atoms with Crippen molar-refractivity contribution in [1.29, 1.82) is 0 Å². The van der Waals surface area contributed by atoms with Crippen molar-refractivity contribution in [2.75, 3.05) is 19.6 Å². The Hall–Kier alpha value is -3.44. The van der Waals surface area contributed by atoms with E-state index in [1.54, 1.807) is 6.07 Å². The first-order chi connectivity index (χ1) is 16.2. The number of hydrogen-bond acceptors (Lipinski definition) is 3. The Morgan fingerprint density at radius 2 is 1.67 bits per heavy atom. The molecule has 1 fully saturated rings. The summed E-state index contributed by atoms with van der Waals surface area (Å²) in [6.45, 7) is 4.33. The molecule has 1 saturated heterocycles. The highest BCUT2D eigenvalue weighted by atomic mass is 16.4. The van der Waals surface area contributed by atoms with Crippen LogP contribution in [0.4, 0.5) is 0 Å². The molecule has 2 aromatic heterocycles. The second kappa shape index (κ2) is 9.59. The number of likely N-dealkylation sites (tertiary alicyclic amines) is 1. The molecule has 3 heterocycles. The number of carboxylic acids is 1. The van der Waals surface area contributed by atoms with Crippen LogP contribution in [0.25, 0.3) is 33.2 Å². The van der Waals surface area contributed by atoms with Crippen LogP contribution in [-0.2, 0) is 6.54 Å². The highest BCUT2D eigenvalue weighted by Gasteiger charge is 2.18. The van der Waals surface area contributed by atoms with Crippen LogP contribution < -0.4 is 0 Å². The lowest BCUT2D eigenvalue weighted by atomic mass is 9.99. The molecule has 4 aromatic rings. The molecule has 1 aliphatic heterocycles. The molecule has 33 heavy (non-hydrogen) atoms. The number of aromatic carboxylic acids is 1. The van der Waals surface area contributed by atoms with Gasteiger partial charge in [-0.05, 0) is 62.7 Å². The first kappa shape index (κ1) is 21.4. The zero-order chi connectivity index (χ0) is 22.6. The number of carbonyl (C=O) groups is 1. The molecule has 168 valence electrons. The van der Waals surface area contributed by atoms with E-state index in [9.17, 15) is 9.90 Å². The average Bonchev–Trinajstić information content (AvgIpc) is 3.24. The van der Waals surface area contributed by atoms with Crippen LogP contribution >= 0.6 is 0 Å². The summed E-state index contributed by atoms with van der Waals surface area (Å²) in [5, 5.41) is 10.7. The third kappa shape index (κ3) is 4.55. The molecule has 5 heteroatoms. The summed E-state index contributed by atoms with van der Waals surface area (Å²) in [6.07, 6.45) is 10.8. The van der Waals surface area contributed by atoms with Gasteiger partial charge in [-0.15, -0.1) is 0 Å². The quantitative estimate of drug-likeness (QED) is 0.387. The van der Waals surface area contributed by atoms with Crippen molar-refractivity contribution in [3.8, 4) is 22.3 Å². The van der Waals surface area contributed by atoms with E-state index in [-0.39, 0.29) is 0 Å². The predicted octanol–water partition coefficient (Wildman–Crippen LogP) is 5.94. The van der Waals surface area contributed by atoms with Gasteiger partial charge in [-0.25, -0.2) is 4.79 Å². The van der Waals surface area contributed by atoms with Crippen molar-refractivity contribution in [3.05, 3.63) is 78.8 Å². The molecule has 0 amide bonds. The monoisotopic (exact) mass is 439 g/mol. The van der Waals surface area contributed by atoms with Crippen LogP contribution in [0.15, 0.2) is 73.2 Å². The summed E-state index contributed by atoms with van der Waals surface area (Å²) in [7, 11) is 0. The number of fused-ring (bicyclic) bond motifs is 1. The third-order valence-electron chi connectivity index (χ3n) is 6.61. The predicted molar refractivity (Wildman–Crippen MR) is 132 cm³/mol. The maximum Gasteiger partial charge on any atom is 0.336 e. The number of hydrogen-bond donors (Lipinski definition) is 1. The normalized spacial score (nSPS) is 14.5. The number of piperidine rings is 1. The SMILES string of the molecule is O=C(O)c1cccc2c1c(-c1cncc(-c3ccccc3)c1)cn2CCCN1CCCCC1. The minimum Gasteiger partial charge on any atom is -0.478 e. The average molecular weight is 440 g/mol. The molecule has 0 unspecified atom stereocenters. The van der Waals surface area contributed by atoms with Crippen molar-refractivity contribution < 1.29 is 9.90 Å². The lowest BCUT2D eigenvalue weighted by Gasteiger charge is -2.26. The summed E-state index contributed by atoms with van der Waals surface area (Å²) < 4.78 is 2.22. The van der Waals surface area contributed by atoms with Gasteiger partial charge in [0.1, 0.15) is 0 Å². The first-order valence-corrected chi connectivity index (χ1v) is 11.8. The Morgan fingerprint density at radius 3 is 2.45 bits per heavy atom. The molecule has 2 aromatic carbocycles. The minimum atomic E-state index is -0.903. The molecule has 0 aliphatic carbocycles. The van der Waals surface area contributed by atoms with Crippen LogP contribution in [0.1, 0.15) is 36.0 Å². The van der Waals surface area contributed by atoms with Gasteiger partial charge < -0.3 is 14.6 Å². The summed E-state index contributed by atoms with van der Waals surface area (Å²) in [5.74, 6) is -0.903. The van der Waals surface area contributed by atoms with Gasteiger partial charge in [-0.1, -0.05) is 42.8 Å². The Bertz CT molecular complexity index is 1260. The van der Waals surface area contributed by atoms with E-state index in [0.717, 1.165) is 52.7 Å². The Balaban J connectivity index is 1.52. The molecular formula is C28H29N3O2. The van der Waals surface area contributed by atoms with Gasteiger partial charge in [0.15, 0.2) is 0 Å². The van der Waals surface area contributed by atoms with Crippen LogP contribution in [0.3, 0.4) is 0 Å². The lowest BCUT2D eigenvalue weighted by molar-refractivity contribution is 0.0699. The van der Waals surface area contributed by atoms with Gasteiger partial charge in [-0.2, -0.15) is 0 Å². The van der Waals surface area contributed by atoms with E-state index in [4.69, 9.17) is 0 Å². The molecule has 5 nitrogen and oxygen atoms in total. The zero-order valence-corrected chi connectivity index (χ0v) is 18.8. The van der Waals surface area contributed by atoms with Gasteiger partial charge in [0, 0.05) is 52.7 Å². The van der Waals surface area contributed by atoms with E-state index in [2.05, 4.69) is 38.8 Å². The van der Waals surface area contributed by atoms with Crippen molar-refractivity contribution in [2.45, 2.75) is 32.2 Å². The smallest absolute Gasteiger partial charge is 0.336 e. The van der Waals surface area contributed by atoms with Gasteiger partial charge in [0.2, 0.25) is 0 Å². The molecule has 1 N–H and O–H groups in total. The molecule has 1 aliphatic rings. The molecule has 0 bridgehead atoms. The van der Waals surface area contributed by atoms with Crippen LogP contribution in [0.5, 0.6) is 0 Å². The number of benzene rings is 2. The number of aromatic nitrogens is 2. The fourth-order valence-electron chi connectivity index (χ4n) is 4.96. The Morgan fingerprint density at radius 1 is 0.879 bits per heavy atom. The number of pyridine rings is 1. The van der Waals surface area contributed by atoms with E-state index < -0.39 is 5.97 Å². The Labute approximate surface area is 194 Å². The van der Waals surface area contributed by atoms with Crippen molar-refractivity contribution in [3.63, 3.8) is 0 Å². The zero-order valence-electron chi connectivity index (χ0n) is 18.8. The minimum absolute atomic E-state index is 0.336. The van der Waals surface area contributed by atoms with Crippen molar-refractivity contribution in [1.82, 2.24) is 14.5 Å². The van der Waals surface area contributed by atoms with Crippen molar-refractivity contribution in [2.24, 2.45) is 0 Å². The first-order valence-electron chi connectivity index (χ1n) is 11.8. The van der Waals surface area contributed by atoms with Crippen LogP contribution in [-0.4, -0.2) is 45.2 Å². The largest absolute Gasteiger partial charge is 0.478 e. The topological polar surface area (TPSA) is 58.4 Å². The molecule has 0 radical (unpaired) electrons. The fourth-order valence-corrected chi connectivity index (χ4v) is 4.96. The molecule has 0 spiro atoms.